The number of nitrogens with zero attached hydrogens (tertiary/aromatic N) is 1. The smallest absolute Gasteiger partial charge is 0.120 e. The highest BCUT2D eigenvalue weighted by Gasteiger charge is 2.30. The van der Waals surface area contributed by atoms with Crippen LogP contribution in [0.15, 0.2) is 36.4 Å². The molecule has 0 fully saturated rings. The van der Waals surface area contributed by atoms with Gasteiger partial charge in [-0.15, -0.1) is 0 Å². The van der Waals surface area contributed by atoms with E-state index >= 15 is 0 Å². The average molecular weight is 315 g/mol. The van der Waals surface area contributed by atoms with Gasteiger partial charge in [0, 0.05) is 12.5 Å². The molecule has 0 spiro atoms. The van der Waals surface area contributed by atoms with Crippen LogP contribution >= 0.6 is 0 Å². The normalized spacial score (nSPS) is 15.9. The minimum atomic E-state index is -0.856. The predicted molar refractivity (Wildman–Crippen MR) is 97.0 cm³/mol. The maximum absolute atomic E-state index is 11.0. The fourth-order valence-corrected chi connectivity index (χ4v) is 2.89. The molecule has 0 bridgehead atoms. The lowest BCUT2D eigenvalue weighted by molar-refractivity contribution is -0.00766. The molecule has 23 heavy (non-hydrogen) atoms. The highest BCUT2D eigenvalue weighted by atomic mass is 16.5. The second kappa shape index (κ2) is 6.90. The Morgan fingerprint density at radius 3 is 2.26 bits per heavy atom. The number of fused-ring (bicyclic) bond motifs is 1. The highest BCUT2D eigenvalue weighted by Crippen LogP contribution is 2.32. The Bertz CT molecular complexity index is 662. The van der Waals surface area contributed by atoms with Crippen molar-refractivity contribution in [3.8, 4) is 5.75 Å². The van der Waals surface area contributed by atoms with Crippen molar-refractivity contribution >= 4 is 10.8 Å². The van der Waals surface area contributed by atoms with E-state index in [9.17, 15) is 5.11 Å². The zero-order valence-corrected chi connectivity index (χ0v) is 15.1. The summed E-state index contributed by atoms with van der Waals surface area (Å²) in [6.45, 7) is 8.88. The minimum absolute atomic E-state index is 0.137. The Morgan fingerprint density at radius 1 is 1.04 bits per heavy atom. The molecule has 0 aliphatic carbocycles. The van der Waals surface area contributed by atoms with Crippen LogP contribution in [-0.4, -0.2) is 36.8 Å². The predicted octanol–water partition coefficient (Wildman–Crippen LogP) is 4.03. The van der Waals surface area contributed by atoms with Crippen LogP contribution in [0.5, 0.6) is 5.75 Å². The van der Waals surface area contributed by atoms with Crippen LogP contribution in [0, 0.1) is 5.92 Å². The van der Waals surface area contributed by atoms with E-state index in [1.165, 1.54) is 0 Å². The standard InChI is InChI=1S/C20H29NO2/c1-14(2)23-19-10-8-16-11-18(9-7-17(16)12-19)20(4,22)15(3)13-21(5)6/h7-12,14-15,22H,13H2,1-6H3. The molecule has 0 heterocycles. The van der Waals surface area contributed by atoms with Crippen LogP contribution in [0.1, 0.15) is 33.3 Å². The van der Waals surface area contributed by atoms with Gasteiger partial charge < -0.3 is 14.7 Å². The van der Waals surface area contributed by atoms with Crippen LogP contribution in [0.3, 0.4) is 0 Å². The van der Waals surface area contributed by atoms with E-state index in [0.29, 0.717) is 0 Å². The lowest BCUT2D eigenvalue weighted by atomic mass is 9.83. The third kappa shape index (κ3) is 4.24. The Balaban J connectivity index is 2.32. The van der Waals surface area contributed by atoms with Crippen molar-refractivity contribution in [3.05, 3.63) is 42.0 Å². The molecule has 2 rings (SSSR count). The number of ether oxygens (including phenoxy) is 1. The van der Waals surface area contributed by atoms with Crippen molar-refractivity contribution in [1.82, 2.24) is 4.90 Å². The first-order valence-corrected chi connectivity index (χ1v) is 8.28. The maximum atomic E-state index is 11.0. The van der Waals surface area contributed by atoms with Gasteiger partial charge in [-0.05, 0) is 69.4 Å². The van der Waals surface area contributed by atoms with E-state index in [1.807, 2.05) is 47.0 Å². The second-order valence-corrected chi connectivity index (χ2v) is 7.20. The van der Waals surface area contributed by atoms with Crippen molar-refractivity contribution in [2.24, 2.45) is 5.92 Å². The Morgan fingerprint density at radius 2 is 1.65 bits per heavy atom. The van der Waals surface area contributed by atoms with E-state index in [0.717, 1.165) is 28.6 Å². The van der Waals surface area contributed by atoms with Crippen LogP contribution in [-0.2, 0) is 5.60 Å². The zero-order chi connectivity index (χ0) is 17.2. The lowest BCUT2D eigenvalue weighted by Crippen LogP contribution is -2.36. The summed E-state index contributed by atoms with van der Waals surface area (Å²) in [6.07, 6.45) is 0.166. The van der Waals surface area contributed by atoms with E-state index in [1.54, 1.807) is 0 Å². The molecule has 0 saturated heterocycles. The van der Waals surface area contributed by atoms with Gasteiger partial charge in [-0.3, -0.25) is 0 Å². The molecular weight excluding hydrogens is 286 g/mol. The molecule has 2 unspecified atom stereocenters. The third-order valence-corrected chi connectivity index (χ3v) is 4.37. The van der Waals surface area contributed by atoms with Crippen molar-refractivity contribution in [1.29, 1.82) is 0 Å². The first-order chi connectivity index (χ1) is 10.7. The lowest BCUT2D eigenvalue weighted by Gasteiger charge is -2.33. The highest BCUT2D eigenvalue weighted by molar-refractivity contribution is 5.84. The van der Waals surface area contributed by atoms with Crippen molar-refractivity contribution in [2.45, 2.75) is 39.4 Å². The van der Waals surface area contributed by atoms with Gasteiger partial charge in [0.15, 0.2) is 0 Å². The number of rotatable bonds is 6. The third-order valence-electron chi connectivity index (χ3n) is 4.37. The summed E-state index contributed by atoms with van der Waals surface area (Å²) in [5.41, 5.74) is 0.0999. The molecule has 126 valence electrons. The molecule has 3 nitrogen and oxygen atoms in total. The summed E-state index contributed by atoms with van der Waals surface area (Å²) in [5, 5.41) is 13.2. The zero-order valence-electron chi connectivity index (χ0n) is 15.1. The Hall–Kier alpha value is -1.58. The van der Waals surface area contributed by atoms with Crippen LogP contribution in [0.2, 0.25) is 0 Å². The molecule has 0 radical (unpaired) electrons. The topological polar surface area (TPSA) is 32.7 Å². The summed E-state index contributed by atoms with van der Waals surface area (Å²) < 4.78 is 5.75. The van der Waals surface area contributed by atoms with Gasteiger partial charge in [0.05, 0.1) is 11.7 Å². The number of hydrogen-bond acceptors (Lipinski definition) is 3. The van der Waals surface area contributed by atoms with E-state index in [-0.39, 0.29) is 12.0 Å². The average Bonchev–Trinajstić information content (AvgIpc) is 2.45. The summed E-state index contributed by atoms with van der Waals surface area (Å²) in [7, 11) is 4.06. The molecule has 0 aliphatic heterocycles. The molecule has 3 heteroatoms. The quantitative estimate of drug-likeness (QED) is 0.873. The van der Waals surface area contributed by atoms with E-state index in [2.05, 4.69) is 36.1 Å². The summed E-state index contributed by atoms with van der Waals surface area (Å²) in [5.74, 6) is 1.02. The number of hydrogen-bond donors (Lipinski definition) is 1. The summed E-state index contributed by atoms with van der Waals surface area (Å²) in [4.78, 5) is 2.11. The first-order valence-electron chi connectivity index (χ1n) is 8.28. The molecule has 0 saturated carbocycles. The molecule has 2 aromatic carbocycles. The Labute approximate surface area is 139 Å². The molecule has 0 aliphatic rings. The number of benzene rings is 2. The molecule has 2 aromatic rings. The second-order valence-electron chi connectivity index (χ2n) is 7.20. The first kappa shape index (κ1) is 17.8. The van der Waals surface area contributed by atoms with Crippen molar-refractivity contribution in [3.63, 3.8) is 0 Å². The van der Waals surface area contributed by atoms with Gasteiger partial charge in [-0.1, -0.05) is 25.1 Å². The van der Waals surface area contributed by atoms with Crippen molar-refractivity contribution < 1.29 is 9.84 Å². The summed E-state index contributed by atoms with van der Waals surface area (Å²) in [6, 6.07) is 12.3. The molecule has 1 N–H and O–H groups in total. The maximum Gasteiger partial charge on any atom is 0.120 e. The largest absolute Gasteiger partial charge is 0.491 e. The van der Waals surface area contributed by atoms with Gasteiger partial charge in [0.1, 0.15) is 5.75 Å². The molecule has 2 atom stereocenters. The minimum Gasteiger partial charge on any atom is -0.491 e. The number of aliphatic hydroxyl groups is 1. The molecular formula is C20H29NO2. The Kier molecular flexibility index (Phi) is 5.33. The monoisotopic (exact) mass is 315 g/mol. The SMILES string of the molecule is CC(C)Oc1ccc2cc(C(C)(O)C(C)CN(C)C)ccc2c1. The van der Waals surface area contributed by atoms with Gasteiger partial charge in [-0.25, -0.2) is 0 Å². The van der Waals surface area contributed by atoms with Crippen molar-refractivity contribution in [2.75, 3.05) is 20.6 Å². The van der Waals surface area contributed by atoms with Gasteiger partial charge in [0.2, 0.25) is 0 Å². The molecule has 0 aromatic heterocycles. The molecule has 0 amide bonds. The van der Waals surface area contributed by atoms with Gasteiger partial charge in [-0.2, -0.15) is 0 Å². The van der Waals surface area contributed by atoms with Crippen LogP contribution in [0.4, 0.5) is 0 Å². The van der Waals surface area contributed by atoms with Gasteiger partial charge >= 0.3 is 0 Å². The summed E-state index contributed by atoms with van der Waals surface area (Å²) >= 11 is 0. The van der Waals surface area contributed by atoms with Gasteiger partial charge in [0.25, 0.3) is 0 Å². The fraction of sp³-hybridized carbons (Fsp3) is 0.500. The van der Waals surface area contributed by atoms with Crippen LogP contribution < -0.4 is 4.74 Å². The van der Waals surface area contributed by atoms with E-state index in [4.69, 9.17) is 4.74 Å². The van der Waals surface area contributed by atoms with Crippen LogP contribution in [0.25, 0.3) is 10.8 Å². The van der Waals surface area contributed by atoms with E-state index < -0.39 is 5.60 Å². The fourth-order valence-electron chi connectivity index (χ4n) is 2.89.